The van der Waals surface area contributed by atoms with Crippen LogP contribution in [-0.2, 0) is 10.0 Å². The van der Waals surface area contributed by atoms with Gasteiger partial charge in [0.05, 0.1) is 11.1 Å². The molecule has 0 fully saturated rings. The summed E-state index contributed by atoms with van der Waals surface area (Å²) in [7, 11) is -4.11. The summed E-state index contributed by atoms with van der Waals surface area (Å²) in [5.41, 5.74) is 0.468. The fraction of sp³-hybridized carbons (Fsp3) is 0.158. The van der Waals surface area contributed by atoms with Crippen molar-refractivity contribution in [2.75, 3.05) is 10.0 Å². The molecule has 0 saturated heterocycles. The van der Waals surface area contributed by atoms with Gasteiger partial charge in [-0.15, -0.1) is 0 Å². The fourth-order valence-corrected chi connectivity index (χ4v) is 3.63. The van der Waals surface area contributed by atoms with Crippen molar-refractivity contribution in [1.29, 1.82) is 0 Å². The highest BCUT2D eigenvalue weighted by molar-refractivity contribution is 7.92. The number of aromatic nitrogens is 2. The Bertz CT molecular complexity index is 1140. The van der Waals surface area contributed by atoms with Crippen LogP contribution in [0.1, 0.15) is 30.2 Å². The van der Waals surface area contributed by atoms with Crippen LogP contribution in [-0.4, -0.2) is 24.1 Å². The Hall–Kier alpha value is -3.27. The monoisotopic (exact) mass is 420 g/mol. The lowest BCUT2D eigenvalue weighted by molar-refractivity contribution is 0.102. The molecule has 2 N–H and O–H groups in total. The van der Waals surface area contributed by atoms with Gasteiger partial charge in [0.25, 0.3) is 15.9 Å². The van der Waals surface area contributed by atoms with Gasteiger partial charge < -0.3 is 5.32 Å². The van der Waals surface area contributed by atoms with E-state index in [0.29, 0.717) is 17.4 Å². The van der Waals surface area contributed by atoms with E-state index in [1.165, 1.54) is 24.3 Å². The summed E-state index contributed by atoms with van der Waals surface area (Å²) >= 11 is 0. The van der Waals surface area contributed by atoms with Crippen LogP contribution in [0.15, 0.2) is 59.6 Å². The van der Waals surface area contributed by atoms with Gasteiger partial charge in [-0.25, -0.2) is 21.9 Å². The second-order valence-electron chi connectivity index (χ2n) is 6.47. The minimum Gasteiger partial charge on any atom is -0.307 e. The molecule has 29 heavy (non-hydrogen) atoms. The number of amides is 1. The zero-order valence-electron chi connectivity index (χ0n) is 15.6. The molecule has 0 aliphatic heterocycles. The normalized spacial score (nSPS) is 11.5. The number of sulfonamides is 1. The Labute approximate surface area is 166 Å². The van der Waals surface area contributed by atoms with Gasteiger partial charge in [0.1, 0.15) is 5.82 Å². The summed E-state index contributed by atoms with van der Waals surface area (Å²) in [5.74, 6) is -2.26. The molecule has 3 aromatic rings. The highest BCUT2D eigenvalue weighted by Gasteiger charge is 2.17. The Balaban J connectivity index is 1.73. The van der Waals surface area contributed by atoms with Gasteiger partial charge in [-0.3, -0.25) is 9.52 Å². The molecule has 0 unspecified atom stereocenters. The number of carbonyl (C=O) groups is 1. The van der Waals surface area contributed by atoms with Gasteiger partial charge in [0.15, 0.2) is 11.6 Å². The number of benzene rings is 2. The molecule has 0 aliphatic rings. The van der Waals surface area contributed by atoms with Gasteiger partial charge in [-0.1, -0.05) is 0 Å². The Morgan fingerprint density at radius 2 is 1.72 bits per heavy atom. The Morgan fingerprint density at radius 3 is 2.34 bits per heavy atom. The van der Waals surface area contributed by atoms with Crippen LogP contribution in [0.2, 0.25) is 0 Å². The van der Waals surface area contributed by atoms with Gasteiger partial charge in [-0.05, 0) is 56.3 Å². The molecule has 1 heterocycles. The lowest BCUT2D eigenvalue weighted by Gasteiger charge is -2.12. The van der Waals surface area contributed by atoms with E-state index in [-0.39, 0.29) is 17.6 Å². The van der Waals surface area contributed by atoms with E-state index < -0.39 is 26.6 Å². The van der Waals surface area contributed by atoms with E-state index in [4.69, 9.17) is 0 Å². The second kappa shape index (κ2) is 8.00. The molecule has 0 spiro atoms. The first-order valence-corrected chi connectivity index (χ1v) is 10.1. The first-order valence-electron chi connectivity index (χ1n) is 8.60. The number of rotatable bonds is 6. The maximum absolute atomic E-state index is 13.3. The molecule has 0 radical (unpaired) electrons. The lowest BCUT2D eigenvalue weighted by atomic mass is 10.2. The number of carbonyl (C=O) groups excluding carboxylic acids is 1. The number of hydrogen-bond donors (Lipinski definition) is 2. The largest absolute Gasteiger partial charge is 0.307 e. The third kappa shape index (κ3) is 4.60. The molecular weight excluding hydrogens is 402 g/mol. The van der Waals surface area contributed by atoms with Crippen molar-refractivity contribution in [2.24, 2.45) is 0 Å². The quantitative estimate of drug-likeness (QED) is 0.634. The van der Waals surface area contributed by atoms with E-state index in [1.54, 1.807) is 16.9 Å². The number of hydrogen-bond acceptors (Lipinski definition) is 4. The molecule has 0 bridgehead atoms. The van der Waals surface area contributed by atoms with Crippen molar-refractivity contribution >= 4 is 27.4 Å². The number of nitrogens with zero attached hydrogens (tertiary/aromatic N) is 2. The molecule has 10 heteroatoms. The van der Waals surface area contributed by atoms with Crippen molar-refractivity contribution in [1.82, 2.24) is 9.78 Å². The minimum absolute atomic E-state index is 0.0633. The van der Waals surface area contributed by atoms with Crippen LogP contribution in [0.25, 0.3) is 0 Å². The third-order valence-corrected chi connectivity index (χ3v) is 5.38. The summed E-state index contributed by atoms with van der Waals surface area (Å²) in [6.45, 7) is 3.85. The summed E-state index contributed by atoms with van der Waals surface area (Å²) in [4.78, 5) is 12.0. The first-order chi connectivity index (χ1) is 13.7. The van der Waals surface area contributed by atoms with E-state index in [0.717, 1.165) is 12.1 Å². The van der Waals surface area contributed by atoms with Crippen LogP contribution in [0.4, 0.5) is 20.3 Å². The third-order valence-electron chi connectivity index (χ3n) is 4.00. The maximum atomic E-state index is 13.3. The van der Waals surface area contributed by atoms with Crippen molar-refractivity contribution < 1.29 is 22.0 Å². The molecule has 0 saturated carbocycles. The van der Waals surface area contributed by atoms with Gasteiger partial charge >= 0.3 is 0 Å². The number of halogens is 2. The van der Waals surface area contributed by atoms with Crippen molar-refractivity contribution in [2.45, 2.75) is 24.8 Å². The van der Waals surface area contributed by atoms with Crippen LogP contribution in [0.3, 0.4) is 0 Å². The average molecular weight is 420 g/mol. The van der Waals surface area contributed by atoms with E-state index in [1.807, 2.05) is 13.8 Å². The summed E-state index contributed by atoms with van der Waals surface area (Å²) in [5, 5.41) is 6.87. The molecule has 3 rings (SSSR count). The standard InChI is InChI=1S/C19H18F2N4O3S/c1-12(2)25-18(9-10-22-25)23-19(26)13-3-5-14(6-4-13)24-29(27,28)15-7-8-16(20)17(21)11-15/h3-12,24H,1-2H3,(H,23,26). The van der Waals surface area contributed by atoms with Crippen molar-refractivity contribution in [3.63, 3.8) is 0 Å². The van der Waals surface area contributed by atoms with E-state index in [2.05, 4.69) is 15.1 Å². The predicted molar refractivity (Wildman–Crippen MR) is 104 cm³/mol. The van der Waals surface area contributed by atoms with Crippen molar-refractivity contribution in [3.05, 3.63) is 71.9 Å². The predicted octanol–water partition coefficient (Wildman–Crippen LogP) is 3.80. The Kier molecular flexibility index (Phi) is 5.64. The smallest absolute Gasteiger partial charge is 0.261 e. The van der Waals surface area contributed by atoms with Crippen LogP contribution in [0.5, 0.6) is 0 Å². The maximum Gasteiger partial charge on any atom is 0.261 e. The zero-order chi connectivity index (χ0) is 21.2. The van der Waals surface area contributed by atoms with E-state index in [9.17, 15) is 22.0 Å². The Morgan fingerprint density at radius 1 is 1.03 bits per heavy atom. The molecule has 152 valence electrons. The minimum atomic E-state index is -4.11. The molecule has 0 aliphatic carbocycles. The molecule has 1 amide bonds. The van der Waals surface area contributed by atoms with Gasteiger partial charge in [0.2, 0.25) is 0 Å². The molecule has 2 aromatic carbocycles. The average Bonchev–Trinajstić information content (AvgIpc) is 3.12. The van der Waals surface area contributed by atoms with Crippen LogP contribution < -0.4 is 10.0 Å². The second-order valence-corrected chi connectivity index (χ2v) is 8.15. The summed E-state index contributed by atoms with van der Waals surface area (Å²) in [6.07, 6.45) is 1.58. The summed E-state index contributed by atoms with van der Waals surface area (Å²) < 4.78 is 54.8. The van der Waals surface area contributed by atoms with Gasteiger partial charge in [0, 0.05) is 23.4 Å². The van der Waals surface area contributed by atoms with E-state index >= 15 is 0 Å². The van der Waals surface area contributed by atoms with Crippen LogP contribution >= 0.6 is 0 Å². The highest BCUT2D eigenvalue weighted by Crippen LogP contribution is 2.20. The van der Waals surface area contributed by atoms with Gasteiger partial charge in [-0.2, -0.15) is 5.10 Å². The number of nitrogens with one attached hydrogen (secondary N) is 2. The highest BCUT2D eigenvalue weighted by atomic mass is 32.2. The fourth-order valence-electron chi connectivity index (χ4n) is 2.56. The number of anilines is 2. The molecular formula is C19H18F2N4O3S. The molecule has 0 atom stereocenters. The van der Waals surface area contributed by atoms with Crippen molar-refractivity contribution in [3.8, 4) is 0 Å². The first kappa shape index (κ1) is 20.5. The zero-order valence-corrected chi connectivity index (χ0v) is 16.4. The lowest BCUT2D eigenvalue weighted by Crippen LogP contribution is -2.17. The SMILES string of the molecule is CC(C)n1nccc1NC(=O)c1ccc(NS(=O)(=O)c2ccc(F)c(F)c2)cc1. The summed E-state index contributed by atoms with van der Waals surface area (Å²) in [6, 6.07) is 9.69. The molecule has 7 nitrogen and oxygen atoms in total. The molecule has 1 aromatic heterocycles. The van der Waals surface area contributed by atoms with Crippen LogP contribution in [0, 0.1) is 11.6 Å². The topological polar surface area (TPSA) is 93.1 Å².